The molecule has 0 saturated carbocycles. The van der Waals surface area contributed by atoms with Crippen LogP contribution in [0.2, 0.25) is 0 Å². The molecule has 0 atom stereocenters. The molecular weight excluding hydrogens is 228 g/mol. The highest BCUT2D eigenvalue weighted by atomic mass is 16.1. The second-order valence-electron chi connectivity index (χ2n) is 3.93. The number of aryl methyl sites for hydroxylation is 1. The lowest BCUT2D eigenvalue weighted by Crippen LogP contribution is -2.24. The third kappa shape index (κ3) is 3.04. The van der Waals surface area contributed by atoms with Crippen molar-refractivity contribution in [3.05, 3.63) is 53.6 Å². The van der Waals surface area contributed by atoms with E-state index in [-0.39, 0.29) is 5.91 Å². The highest BCUT2D eigenvalue weighted by Crippen LogP contribution is 2.02. The molecule has 1 amide bonds. The number of nitrogens with two attached hydrogens (primary N) is 1. The fourth-order valence-electron chi connectivity index (χ4n) is 1.50. The Labute approximate surface area is 105 Å². The zero-order chi connectivity index (χ0) is 13.0. The van der Waals surface area contributed by atoms with Crippen LogP contribution in [0.3, 0.4) is 0 Å². The number of nitrogen functional groups attached to an aromatic ring is 1. The van der Waals surface area contributed by atoms with E-state index < -0.39 is 0 Å². The van der Waals surface area contributed by atoms with Crippen LogP contribution in [0.15, 0.2) is 36.5 Å². The van der Waals surface area contributed by atoms with Crippen molar-refractivity contribution in [1.82, 2.24) is 15.3 Å². The molecule has 0 aliphatic carbocycles. The monoisotopic (exact) mass is 242 g/mol. The molecule has 0 aliphatic heterocycles. The van der Waals surface area contributed by atoms with Gasteiger partial charge in [0.15, 0.2) is 0 Å². The molecule has 2 heterocycles. The van der Waals surface area contributed by atoms with E-state index in [1.807, 2.05) is 25.1 Å². The summed E-state index contributed by atoms with van der Waals surface area (Å²) < 4.78 is 0. The molecule has 0 radical (unpaired) electrons. The van der Waals surface area contributed by atoms with Gasteiger partial charge in [-0.1, -0.05) is 6.07 Å². The van der Waals surface area contributed by atoms with Crippen molar-refractivity contribution >= 4 is 11.6 Å². The first-order chi connectivity index (χ1) is 8.65. The maximum absolute atomic E-state index is 11.8. The second kappa shape index (κ2) is 5.27. The highest BCUT2D eigenvalue weighted by Gasteiger charge is 2.06. The van der Waals surface area contributed by atoms with Crippen LogP contribution in [-0.2, 0) is 6.54 Å². The molecule has 0 spiro atoms. The minimum Gasteiger partial charge on any atom is -0.397 e. The Morgan fingerprint density at radius 3 is 2.83 bits per heavy atom. The number of carbonyl (C=O) groups excluding carboxylic acids is 1. The predicted molar refractivity (Wildman–Crippen MR) is 68.8 cm³/mol. The number of hydrogen-bond donors (Lipinski definition) is 2. The SMILES string of the molecule is Cc1cccc(CNC(=O)c2ccc(N)cn2)n1. The summed E-state index contributed by atoms with van der Waals surface area (Å²) in [7, 11) is 0. The molecule has 2 rings (SSSR count). The van der Waals surface area contributed by atoms with Crippen LogP contribution < -0.4 is 11.1 Å². The number of pyridine rings is 2. The number of anilines is 1. The van der Waals surface area contributed by atoms with Gasteiger partial charge in [0.05, 0.1) is 24.1 Å². The minimum atomic E-state index is -0.238. The summed E-state index contributed by atoms with van der Waals surface area (Å²) in [5.74, 6) is -0.238. The van der Waals surface area contributed by atoms with Gasteiger partial charge in [-0.05, 0) is 31.2 Å². The number of amides is 1. The van der Waals surface area contributed by atoms with Crippen molar-refractivity contribution in [1.29, 1.82) is 0 Å². The predicted octanol–water partition coefficient (Wildman–Crippen LogP) is 1.30. The standard InChI is InChI=1S/C13H14N4O/c1-9-3-2-4-11(17-9)8-16-13(18)12-6-5-10(14)7-15-12/h2-7H,8,14H2,1H3,(H,16,18). The summed E-state index contributed by atoms with van der Waals surface area (Å²) in [6.45, 7) is 2.29. The van der Waals surface area contributed by atoms with Crippen LogP contribution in [-0.4, -0.2) is 15.9 Å². The van der Waals surface area contributed by atoms with Crippen molar-refractivity contribution in [2.75, 3.05) is 5.73 Å². The molecule has 5 nitrogen and oxygen atoms in total. The third-order valence-electron chi connectivity index (χ3n) is 2.40. The van der Waals surface area contributed by atoms with Gasteiger partial charge < -0.3 is 11.1 Å². The van der Waals surface area contributed by atoms with E-state index in [9.17, 15) is 4.79 Å². The lowest BCUT2D eigenvalue weighted by molar-refractivity contribution is 0.0945. The van der Waals surface area contributed by atoms with Gasteiger partial charge >= 0.3 is 0 Å². The first kappa shape index (κ1) is 12.0. The van der Waals surface area contributed by atoms with E-state index in [1.54, 1.807) is 12.1 Å². The molecule has 92 valence electrons. The molecule has 0 aliphatic rings. The first-order valence-corrected chi connectivity index (χ1v) is 5.57. The highest BCUT2D eigenvalue weighted by molar-refractivity contribution is 5.92. The van der Waals surface area contributed by atoms with Gasteiger partial charge in [-0.3, -0.25) is 9.78 Å². The van der Waals surface area contributed by atoms with Crippen molar-refractivity contribution in [2.45, 2.75) is 13.5 Å². The van der Waals surface area contributed by atoms with E-state index in [4.69, 9.17) is 5.73 Å². The lowest BCUT2D eigenvalue weighted by atomic mass is 10.3. The summed E-state index contributed by atoms with van der Waals surface area (Å²) in [6, 6.07) is 8.92. The molecule has 0 aromatic carbocycles. The first-order valence-electron chi connectivity index (χ1n) is 5.57. The molecular formula is C13H14N4O. The fraction of sp³-hybridized carbons (Fsp3) is 0.154. The minimum absolute atomic E-state index is 0.238. The fourth-order valence-corrected chi connectivity index (χ4v) is 1.50. The Hall–Kier alpha value is -2.43. The zero-order valence-corrected chi connectivity index (χ0v) is 10.1. The normalized spacial score (nSPS) is 10.1. The molecule has 0 bridgehead atoms. The van der Waals surface area contributed by atoms with Gasteiger partial charge in [-0.25, -0.2) is 4.98 Å². The van der Waals surface area contributed by atoms with Gasteiger partial charge in [0.1, 0.15) is 5.69 Å². The van der Waals surface area contributed by atoms with Crippen molar-refractivity contribution in [3.63, 3.8) is 0 Å². The van der Waals surface area contributed by atoms with E-state index in [2.05, 4.69) is 15.3 Å². The topological polar surface area (TPSA) is 80.9 Å². The number of aromatic nitrogens is 2. The molecule has 0 fully saturated rings. The van der Waals surface area contributed by atoms with E-state index in [0.29, 0.717) is 17.9 Å². The van der Waals surface area contributed by atoms with Crippen LogP contribution in [0.25, 0.3) is 0 Å². The maximum atomic E-state index is 11.8. The summed E-state index contributed by atoms with van der Waals surface area (Å²) >= 11 is 0. The Balaban J connectivity index is 1.98. The number of nitrogens with one attached hydrogen (secondary N) is 1. The quantitative estimate of drug-likeness (QED) is 0.850. The van der Waals surface area contributed by atoms with Crippen LogP contribution in [0, 0.1) is 6.92 Å². The lowest BCUT2D eigenvalue weighted by Gasteiger charge is -2.05. The zero-order valence-electron chi connectivity index (χ0n) is 10.1. The van der Waals surface area contributed by atoms with E-state index >= 15 is 0 Å². The van der Waals surface area contributed by atoms with Crippen LogP contribution in [0.1, 0.15) is 21.9 Å². The van der Waals surface area contributed by atoms with Gasteiger partial charge in [0, 0.05) is 5.69 Å². The third-order valence-corrected chi connectivity index (χ3v) is 2.40. The van der Waals surface area contributed by atoms with Gasteiger partial charge in [0.2, 0.25) is 0 Å². The number of carbonyl (C=O) groups is 1. The van der Waals surface area contributed by atoms with Gasteiger partial charge in [-0.15, -0.1) is 0 Å². The largest absolute Gasteiger partial charge is 0.397 e. The molecule has 5 heteroatoms. The summed E-state index contributed by atoms with van der Waals surface area (Å²) in [4.78, 5) is 20.0. The Kier molecular flexibility index (Phi) is 3.52. The van der Waals surface area contributed by atoms with Crippen LogP contribution in [0.5, 0.6) is 0 Å². The number of hydrogen-bond acceptors (Lipinski definition) is 4. The summed E-state index contributed by atoms with van der Waals surface area (Å²) in [5.41, 5.74) is 8.12. The Bertz CT molecular complexity index is 551. The van der Waals surface area contributed by atoms with Gasteiger partial charge in [-0.2, -0.15) is 0 Å². The molecule has 3 N–H and O–H groups in total. The molecule has 2 aromatic heterocycles. The van der Waals surface area contributed by atoms with E-state index in [1.165, 1.54) is 6.20 Å². The number of rotatable bonds is 3. The molecule has 18 heavy (non-hydrogen) atoms. The summed E-state index contributed by atoms with van der Waals surface area (Å²) in [6.07, 6.45) is 1.46. The van der Waals surface area contributed by atoms with Gasteiger partial charge in [0.25, 0.3) is 5.91 Å². The van der Waals surface area contributed by atoms with Crippen LogP contribution >= 0.6 is 0 Å². The smallest absolute Gasteiger partial charge is 0.270 e. The molecule has 0 unspecified atom stereocenters. The summed E-state index contributed by atoms with van der Waals surface area (Å²) in [5, 5.41) is 2.76. The molecule has 0 saturated heterocycles. The van der Waals surface area contributed by atoms with Crippen molar-refractivity contribution < 1.29 is 4.79 Å². The van der Waals surface area contributed by atoms with Crippen molar-refractivity contribution in [2.24, 2.45) is 0 Å². The Morgan fingerprint density at radius 2 is 2.17 bits per heavy atom. The van der Waals surface area contributed by atoms with Crippen molar-refractivity contribution in [3.8, 4) is 0 Å². The average molecular weight is 242 g/mol. The molecule has 2 aromatic rings. The van der Waals surface area contributed by atoms with E-state index in [0.717, 1.165) is 11.4 Å². The number of nitrogens with zero attached hydrogens (tertiary/aromatic N) is 2. The Morgan fingerprint density at radius 1 is 1.33 bits per heavy atom. The van der Waals surface area contributed by atoms with Crippen LogP contribution in [0.4, 0.5) is 5.69 Å². The average Bonchev–Trinajstić information content (AvgIpc) is 2.37. The second-order valence-corrected chi connectivity index (χ2v) is 3.93. The maximum Gasteiger partial charge on any atom is 0.270 e.